The Labute approximate surface area is 129 Å². The Morgan fingerprint density at radius 1 is 1.24 bits per heavy atom. The lowest BCUT2D eigenvalue weighted by atomic mass is 10.1. The molecule has 0 fully saturated rings. The van der Waals surface area contributed by atoms with E-state index in [2.05, 4.69) is 0 Å². The number of nitrogens with two attached hydrogens (primary N) is 1. The van der Waals surface area contributed by atoms with Crippen LogP contribution >= 0.6 is 12.2 Å². The summed E-state index contributed by atoms with van der Waals surface area (Å²) in [7, 11) is 3.36. The molecule has 0 saturated heterocycles. The summed E-state index contributed by atoms with van der Waals surface area (Å²) in [5.41, 5.74) is 7.92. The van der Waals surface area contributed by atoms with Crippen molar-refractivity contribution in [3.05, 3.63) is 59.4 Å². The Kier molecular flexibility index (Phi) is 4.75. The van der Waals surface area contributed by atoms with Gasteiger partial charge in [-0.25, -0.2) is 4.39 Å². The van der Waals surface area contributed by atoms with E-state index in [1.54, 1.807) is 18.2 Å². The van der Waals surface area contributed by atoms with Gasteiger partial charge in [0.05, 0.1) is 7.11 Å². The van der Waals surface area contributed by atoms with Crippen molar-refractivity contribution in [1.29, 1.82) is 0 Å². The summed E-state index contributed by atoms with van der Waals surface area (Å²) in [5, 5.41) is 0. The highest BCUT2D eigenvalue weighted by Crippen LogP contribution is 2.23. The van der Waals surface area contributed by atoms with Gasteiger partial charge in [0.15, 0.2) is 11.6 Å². The Bertz CT molecular complexity index is 643. The number of benzene rings is 2. The molecule has 21 heavy (non-hydrogen) atoms. The van der Waals surface area contributed by atoms with Gasteiger partial charge in [-0.1, -0.05) is 24.4 Å². The van der Waals surface area contributed by atoms with Gasteiger partial charge < -0.3 is 15.4 Å². The molecule has 0 aliphatic heterocycles. The van der Waals surface area contributed by atoms with Gasteiger partial charge in [0.2, 0.25) is 0 Å². The highest BCUT2D eigenvalue weighted by Gasteiger charge is 2.11. The van der Waals surface area contributed by atoms with Gasteiger partial charge in [0.1, 0.15) is 4.99 Å². The molecule has 0 aromatic heterocycles. The average Bonchev–Trinajstić information content (AvgIpc) is 2.49. The molecule has 110 valence electrons. The summed E-state index contributed by atoms with van der Waals surface area (Å²) in [6, 6.07) is 12.7. The zero-order valence-electron chi connectivity index (χ0n) is 12.0. The minimum Gasteiger partial charge on any atom is -0.494 e. The van der Waals surface area contributed by atoms with E-state index in [-0.39, 0.29) is 11.6 Å². The van der Waals surface area contributed by atoms with Crippen LogP contribution in [0.15, 0.2) is 42.5 Å². The molecule has 3 nitrogen and oxygen atoms in total. The van der Waals surface area contributed by atoms with Crippen LogP contribution in [0.4, 0.5) is 10.1 Å². The first-order chi connectivity index (χ1) is 10.0. The monoisotopic (exact) mass is 304 g/mol. The Hall–Kier alpha value is -2.14. The molecule has 0 spiro atoms. The molecule has 2 aromatic rings. The topological polar surface area (TPSA) is 38.5 Å². The quantitative estimate of drug-likeness (QED) is 0.862. The van der Waals surface area contributed by atoms with Crippen LogP contribution in [0.25, 0.3) is 0 Å². The van der Waals surface area contributed by atoms with Crippen molar-refractivity contribution >= 4 is 22.9 Å². The highest BCUT2D eigenvalue weighted by atomic mass is 32.1. The second kappa shape index (κ2) is 6.54. The van der Waals surface area contributed by atoms with E-state index < -0.39 is 0 Å². The second-order valence-electron chi connectivity index (χ2n) is 4.70. The maximum Gasteiger partial charge on any atom is 0.170 e. The Balaban J connectivity index is 2.18. The van der Waals surface area contributed by atoms with Crippen LogP contribution in [0.5, 0.6) is 5.75 Å². The second-order valence-corrected chi connectivity index (χ2v) is 5.14. The Morgan fingerprint density at radius 2 is 1.90 bits per heavy atom. The first-order valence-corrected chi connectivity index (χ1v) is 6.86. The molecule has 0 amide bonds. The number of nitrogens with zero attached hydrogens (tertiary/aromatic N) is 1. The van der Waals surface area contributed by atoms with Gasteiger partial charge in [0, 0.05) is 30.4 Å². The molecule has 0 radical (unpaired) electrons. The lowest BCUT2D eigenvalue weighted by molar-refractivity contribution is 0.384. The predicted molar refractivity (Wildman–Crippen MR) is 87.4 cm³/mol. The zero-order valence-corrected chi connectivity index (χ0v) is 12.8. The smallest absolute Gasteiger partial charge is 0.170 e. The van der Waals surface area contributed by atoms with E-state index in [0.29, 0.717) is 17.1 Å². The van der Waals surface area contributed by atoms with Crippen molar-refractivity contribution < 1.29 is 9.13 Å². The first-order valence-electron chi connectivity index (χ1n) is 6.45. The van der Waals surface area contributed by atoms with Crippen LogP contribution in [0.3, 0.4) is 0 Å². The van der Waals surface area contributed by atoms with Crippen LogP contribution in [0, 0.1) is 5.82 Å². The SMILES string of the molecule is COc1cccc(CN(C)c2ccc(C(N)=S)cc2)c1F. The van der Waals surface area contributed by atoms with E-state index in [1.807, 2.05) is 36.2 Å². The number of hydrogen-bond donors (Lipinski definition) is 1. The van der Waals surface area contributed by atoms with Crippen molar-refractivity contribution in [1.82, 2.24) is 0 Å². The fourth-order valence-electron chi connectivity index (χ4n) is 2.06. The molecule has 0 bridgehead atoms. The van der Waals surface area contributed by atoms with Crippen molar-refractivity contribution in [3.8, 4) is 5.75 Å². The molecule has 0 atom stereocenters. The van der Waals surface area contributed by atoms with Crippen LogP contribution < -0.4 is 15.4 Å². The lowest BCUT2D eigenvalue weighted by Gasteiger charge is -2.20. The maximum absolute atomic E-state index is 14.1. The van der Waals surface area contributed by atoms with Crippen molar-refractivity contribution in [2.75, 3.05) is 19.1 Å². The molecule has 0 heterocycles. The van der Waals surface area contributed by atoms with Gasteiger partial charge in [-0.3, -0.25) is 0 Å². The number of methoxy groups -OCH3 is 1. The number of thiocarbonyl (C=S) groups is 1. The van der Waals surface area contributed by atoms with Crippen molar-refractivity contribution in [3.63, 3.8) is 0 Å². The maximum atomic E-state index is 14.1. The van der Waals surface area contributed by atoms with Gasteiger partial charge in [-0.2, -0.15) is 0 Å². The van der Waals surface area contributed by atoms with E-state index in [1.165, 1.54) is 7.11 Å². The van der Waals surface area contributed by atoms with E-state index >= 15 is 0 Å². The van der Waals surface area contributed by atoms with Gasteiger partial charge >= 0.3 is 0 Å². The van der Waals surface area contributed by atoms with Crippen LogP contribution in [-0.2, 0) is 6.54 Å². The van der Waals surface area contributed by atoms with Crippen molar-refractivity contribution in [2.45, 2.75) is 6.54 Å². The normalized spacial score (nSPS) is 10.2. The predicted octanol–water partition coefficient (Wildman–Crippen LogP) is 3.10. The van der Waals surface area contributed by atoms with Crippen LogP contribution in [0.2, 0.25) is 0 Å². The summed E-state index contributed by atoms with van der Waals surface area (Å²) >= 11 is 4.92. The minimum atomic E-state index is -0.327. The standard InChI is InChI=1S/C16H17FN2OS/c1-19(13-8-6-11(7-9-13)16(18)21)10-12-4-3-5-14(20-2)15(12)17/h3-9H,10H2,1-2H3,(H2,18,21). The largest absolute Gasteiger partial charge is 0.494 e. The van der Waals surface area contributed by atoms with E-state index in [4.69, 9.17) is 22.7 Å². The molecule has 2 rings (SSSR count). The summed E-state index contributed by atoms with van der Waals surface area (Å²) in [4.78, 5) is 2.31. The third kappa shape index (κ3) is 3.49. The number of ether oxygens (including phenoxy) is 1. The molecule has 0 aliphatic rings. The summed E-state index contributed by atoms with van der Waals surface area (Å²) in [6.07, 6.45) is 0. The van der Waals surface area contributed by atoms with Crippen LogP contribution in [0.1, 0.15) is 11.1 Å². The summed E-state index contributed by atoms with van der Waals surface area (Å²) in [5.74, 6) is -0.0728. The zero-order chi connectivity index (χ0) is 15.4. The fraction of sp³-hybridized carbons (Fsp3) is 0.188. The van der Waals surface area contributed by atoms with E-state index in [0.717, 1.165) is 11.3 Å². The number of anilines is 1. The Morgan fingerprint density at radius 3 is 2.48 bits per heavy atom. The lowest BCUT2D eigenvalue weighted by Crippen LogP contribution is -2.18. The van der Waals surface area contributed by atoms with Gasteiger partial charge in [-0.05, 0) is 30.3 Å². The average molecular weight is 304 g/mol. The van der Waals surface area contributed by atoms with E-state index in [9.17, 15) is 4.39 Å². The third-order valence-electron chi connectivity index (χ3n) is 3.26. The summed E-state index contributed by atoms with van der Waals surface area (Å²) < 4.78 is 19.1. The van der Waals surface area contributed by atoms with Gasteiger partial charge in [0.25, 0.3) is 0 Å². The molecule has 5 heteroatoms. The summed E-state index contributed by atoms with van der Waals surface area (Å²) in [6.45, 7) is 0.440. The third-order valence-corrected chi connectivity index (χ3v) is 3.50. The molecule has 2 aromatic carbocycles. The molecular weight excluding hydrogens is 287 g/mol. The molecule has 0 saturated carbocycles. The van der Waals surface area contributed by atoms with Gasteiger partial charge in [-0.15, -0.1) is 0 Å². The number of hydrogen-bond acceptors (Lipinski definition) is 3. The fourth-order valence-corrected chi connectivity index (χ4v) is 2.20. The molecule has 0 aliphatic carbocycles. The molecule has 2 N–H and O–H groups in total. The highest BCUT2D eigenvalue weighted by molar-refractivity contribution is 7.80. The number of halogens is 1. The van der Waals surface area contributed by atoms with Crippen molar-refractivity contribution in [2.24, 2.45) is 5.73 Å². The molecule has 0 unspecified atom stereocenters. The minimum absolute atomic E-state index is 0.254. The van der Waals surface area contributed by atoms with Crippen LogP contribution in [-0.4, -0.2) is 19.1 Å². The number of rotatable bonds is 5. The first kappa shape index (κ1) is 15.3. The molecular formula is C16H17FN2OS.